The van der Waals surface area contributed by atoms with Crippen molar-refractivity contribution in [1.29, 1.82) is 0 Å². The van der Waals surface area contributed by atoms with Crippen molar-refractivity contribution in [2.24, 2.45) is 7.05 Å². The number of aromatic nitrogens is 3. The zero-order valence-corrected chi connectivity index (χ0v) is 7.48. The second-order valence-corrected chi connectivity index (χ2v) is 2.93. The minimum atomic E-state index is -1.05. The number of hydrogen-bond acceptors (Lipinski definition) is 4. The Balaban J connectivity index is 2.81. The molecule has 0 fully saturated rings. The summed E-state index contributed by atoms with van der Waals surface area (Å²) in [7, 11) is 3.23. The predicted molar refractivity (Wildman–Crippen MR) is 42.4 cm³/mol. The number of rotatable bonds is 3. The molecule has 0 spiro atoms. The number of ether oxygens (including phenoxy) is 1. The summed E-state index contributed by atoms with van der Waals surface area (Å²) in [6.07, 6.45) is 1.53. The smallest absolute Gasteiger partial charge is 0.130 e. The van der Waals surface area contributed by atoms with Crippen LogP contribution in [0.3, 0.4) is 0 Å². The van der Waals surface area contributed by atoms with Gasteiger partial charge in [-0.2, -0.15) is 15.0 Å². The number of nitrogens with zero attached hydrogens (tertiary/aromatic N) is 3. The van der Waals surface area contributed by atoms with Crippen LogP contribution in [0.15, 0.2) is 6.20 Å². The van der Waals surface area contributed by atoms with Crippen molar-refractivity contribution in [1.82, 2.24) is 15.0 Å². The molecule has 0 amide bonds. The third kappa shape index (κ3) is 1.80. The molecular weight excluding hydrogens is 158 g/mol. The van der Waals surface area contributed by atoms with Gasteiger partial charge in [-0.15, -0.1) is 0 Å². The lowest BCUT2D eigenvalue weighted by Gasteiger charge is -2.18. The van der Waals surface area contributed by atoms with Crippen LogP contribution in [0.25, 0.3) is 0 Å². The highest BCUT2D eigenvalue weighted by Gasteiger charge is 2.26. The fraction of sp³-hybridized carbons (Fsp3) is 0.714. The van der Waals surface area contributed by atoms with E-state index in [1.807, 2.05) is 0 Å². The van der Waals surface area contributed by atoms with Crippen LogP contribution in [0, 0.1) is 0 Å². The lowest BCUT2D eigenvalue weighted by molar-refractivity contribution is -0.0243. The van der Waals surface area contributed by atoms with Crippen LogP contribution < -0.4 is 0 Å². The lowest BCUT2D eigenvalue weighted by Crippen LogP contribution is -2.27. The Kier molecular flexibility index (Phi) is 2.44. The van der Waals surface area contributed by atoms with E-state index in [0.717, 1.165) is 0 Å². The zero-order valence-electron chi connectivity index (χ0n) is 7.48. The van der Waals surface area contributed by atoms with Crippen LogP contribution in [0.1, 0.15) is 12.6 Å². The van der Waals surface area contributed by atoms with Gasteiger partial charge in [0.2, 0.25) is 0 Å². The maximum atomic E-state index is 9.76. The van der Waals surface area contributed by atoms with Crippen LogP contribution in [-0.2, 0) is 17.4 Å². The monoisotopic (exact) mass is 171 g/mol. The van der Waals surface area contributed by atoms with Crippen molar-refractivity contribution in [3.63, 3.8) is 0 Å². The Morgan fingerprint density at radius 1 is 1.75 bits per heavy atom. The molecule has 1 N–H and O–H groups in total. The van der Waals surface area contributed by atoms with Crippen LogP contribution in [-0.4, -0.2) is 33.8 Å². The van der Waals surface area contributed by atoms with Gasteiger partial charge in [0.15, 0.2) is 0 Å². The van der Waals surface area contributed by atoms with Crippen LogP contribution >= 0.6 is 0 Å². The molecule has 0 saturated heterocycles. The van der Waals surface area contributed by atoms with E-state index in [1.54, 1.807) is 14.0 Å². The molecule has 0 aromatic carbocycles. The fourth-order valence-electron chi connectivity index (χ4n) is 0.948. The first kappa shape index (κ1) is 9.15. The highest BCUT2D eigenvalue weighted by Crippen LogP contribution is 2.16. The van der Waals surface area contributed by atoms with Gasteiger partial charge < -0.3 is 9.84 Å². The SMILES string of the molecule is COCC(C)(O)c1cnn(C)n1. The quantitative estimate of drug-likeness (QED) is 0.676. The Hall–Kier alpha value is -0.940. The summed E-state index contributed by atoms with van der Waals surface area (Å²) in [6, 6.07) is 0. The van der Waals surface area contributed by atoms with Gasteiger partial charge in [-0.3, -0.25) is 0 Å². The minimum absolute atomic E-state index is 0.214. The van der Waals surface area contributed by atoms with Gasteiger partial charge in [-0.1, -0.05) is 0 Å². The minimum Gasteiger partial charge on any atom is -0.381 e. The average molecular weight is 171 g/mol. The molecule has 5 heteroatoms. The molecule has 5 nitrogen and oxygen atoms in total. The number of hydrogen-bond donors (Lipinski definition) is 1. The Bertz CT molecular complexity index is 257. The van der Waals surface area contributed by atoms with Crippen molar-refractivity contribution in [2.75, 3.05) is 13.7 Å². The molecule has 0 aliphatic carbocycles. The predicted octanol–water partition coefficient (Wildman–Crippen LogP) is -0.331. The van der Waals surface area contributed by atoms with E-state index in [1.165, 1.54) is 18.1 Å². The summed E-state index contributed by atoms with van der Waals surface area (Å²) in [5.41, 5.74) is -0.532. The molecule has 1 aromatic heterocycles. The van der Waals surface area contributed by atoms with E-state index in [-0.39, 0.29) is 6.61 Å². The van der Waals surface area contributed by atoms with Crippen LogP contribution in [0.2, 0.25) is 0 Å². The molecule has 0 saturated carbocycles. The van der Waals surface area contributed by atoms with E-state index >= 15 is 0 Å². The second-order valence-electron chi connectivity index (χ2n) is 2.93. The first-order valence-corrected chi connectivity index (χ1v) is 3.64. The lowest BCUT2D eigenvalue weighted by atomic mass is 10.1. The first-order valence-electron chi connectivity index (χ1n) is 3.64. The van der Waals surface area contributed by atoms with Crippen LogP contribution in [0.5, 0.6) is 0 Å². The molecule has 12 heavy (non-hydrogen) atoms. The highest BCUT2D eigenvalue weighted by molar-refractivity contribution is 5.04. The van der Waals surface area contributed by atoms with Gasteiger partial charge in [-0.05, 0) is 6.92 Å². The molecule has 1 heterocycles. The Morgan fingerprint density at radius 3 is 2.83 bits per heavy atom. The molecule has 0 bridgehead atoms. The van der Waals surface area contributed by atoms with E-state index in [2.05, 4.69) is 10.2 Å². The summed E-state index contributed by atoms with van der Waals surface area (Å²) in [6.45, 7) is 1.85. The largest absolute Gasteiger partial charge is 0.381 e. The van der Waals surface area contributed by atoms with Crippen molar-refractivity contribution in [3.8, 4) is 0 Å². The second kappa shape index (κ2) is 3.20. The maximum absolute atomic E-state index is 9.76. The van der Waals surface area contributed by atoms with Gasteiger partial charge in [0.1, 0.15) is 11.3 Å². The van der Waals surface area contributed by atoms with Crippen molar-refractivity contribution in [3.05, 3.63) is 11.9 Å². The Morgan fingerprint density at radius 2 is 2.42 bits per heavy atom. The van der Waals surface area contributed by atoms with E-state index in [4.69, 9.17) is 4.74 Å². The topological polar surface area (TPSA) is 60.2 Å². The summed E-state index contributed by atoms with van der Waals surface area (Å²) in [5, 5.41) is 17.6. The summed E-state index contributed by atoms with van der Waals surface area (Å²) in [5.74, 6) is 0. The van der Waals surface area contributed by atoms with Crippen molar-refractivity contribution in [2.45, 2.75) is 12.5 Å². The highest BCUT2D eigenvalue weighted by atomic mass is 16.5. The average Bonchev–Trinajstić information content (AvgIpc) is 2.36. The van der Waals surface area contributed by atoms with Gasteiger partial charge in [0.05, 0.1) is 12.8 Å². The fourth-order valence-corrected chi connectivity index (χ4v) is 0.948. The maximum Gasteiger partial charge on any atom is 0.130 e. The molecule has 68 valence electrons. The standard InChI is InChI=1S/C7H13N3O2/c1-7(11,5-12-3)6-4-8-10(2)9-6/h4,11H,5H2,1-3H3. The summed E-state index contributed by atoms with van der Waals surface area (Å²) >= 11 is 0. The van der Waals surface area contributed by atoms with E-state index in [0.29, 0.717) is 5.69 Å². The van der Waals surface area contributed by atoms with Crippen molar-refractivity contribution >= 4 is 0 Å². The molecule has 1 unspecified atom stereocenters. The normalized spacial score (nSPS) is 16.0. The van der Waals surface area contributed by atoms with E-state index < -0.39 is 5.60 Å². The van der Waals surface area contributed by atoms with Gasteiger partial charge in [0.25, 0.3) is 0 Å². The van der Waals surface area contributed by atoms with Crippen LogP contribution in [0.4, 0.5) is 0 Å². The van der Waals surface area contributed by atoms with Gasteiger partial charge >= 0.3 is 0 Å². The summed E-state index contributed by atoms with van der Waals surface area (Å²) < 4.78 is 4.84. The molecular formula is C7H13N3O2. The molecule has 0 radical (unpaired) electrons. The molecule has 0 aliphatic heterocycles. The molecule has 1 atom stereocenters. The third-order valence-corrected chi connectivity index (χ3v) is 1.58. The van der Waals surface area contributed by atoms with Gasteiger partial charge in [0, 0.05) is 14.2 Å². The molecule has 1 aromatic rings. The van der Waals surface area contributed by atoms with E-state index in [9.17, 15) is 5.11 Å². The third-order valence-electron chi connectivity index (χ3n) is 1.58. The van der Waals surface area contributed by atoms with Gasteiger partial charge in [-0.25, -0.2) is 0 Å². The summed E-state index contributed by atoms with van der Waals surface area (Å²) in [4.78, 5) is 1.40. The first-order chi connectivity index (χ1) is 5.56. The molecule has 0 aliphatic rings. The number of methoxy groups -OCH3 is 1. The molecule has 1 rings (SSSR count). The number of aryl methyl sites for hydroxylation is 1. The Labute approximate surface area is 71.0 Å². The number of aliphatic hydroxyl groups is 1. The zero-order chi connectivity index (χ0) is 9.19. The van der Waals surface area contributed by atoms with Crippen molar-refractivity contribution < 1.29 is 9.84 Å².